The molecule has 4 nitrogen and oxygen atoms in total. The number of likely N-dealkylation sites (N-methyl/N-ethyl adjacent to an activating group) is 1. The van der Waals surface area contributed by atoms with E-state index in [1.165, 1.54) is 0 Å². The van der Waals surface area contributed by atoms with E-state index < -0.39 is 5.92 Å². The molecule has 0 saturated carbocycles. The smallest absolute Gasteiger partial charge is 0.312 e. The number of carbonyl (C=O) groups is 2. The van der Waals surface area contributed by atoms with E-state index in [0.29, 0.717) is 18.8 Å². The first-order chi connectivity index (χ1) is 8.67. The van der Waals surface area contributed by atoms with Gasteiger partial charge in [-0.2, -0.15) is 0 Å². The molecule has 96 valence electrons. The number of nitrogens with zero attached hydrogens (tertiary/aromatic N) is 1. The van der Waals surface area contributed by atoms with Crippen molar-refractivity contribution in [3.8, 4) is 5.75 Å². The van der Waals surface area contributed by atoms with Gasteiger partial charge in [0.1, 0.15) is 5.75 Å². The van der Waals surface area contributed by atoms with E-state index in [2.05, 4.69) is 0 Å². The molecule has 0 radical (unpaired) electrons. The van der Waals surface area contributed by atoms with Crippen LogP contribution in [0.2, 0.25) is 0 Å². The zero-order valence-electron chi connectivity index (χ0n) is 10.7. The molecule has 1 aromatic carbocycles. The van der Waals surface area contributed by atoms with E-state index in [0.717, 1.165) is 5.56 Å². The number of carbonyl (C=O) groups excluding carboxylic acids is 2. The summed E-state index contributed by atoms with van der Waals surface area (Å²) >= 11 is 0. The maximum atomic E-state index is 12.4. The average Bonchev–Trinajstić information content (AvgIpc) is 2.39. The van der Waals surface area contributed by atoms with E-state index in [1.54, 1.807) is 17.0 Å². The summed E-state index contributed by atoms with van der Waals surface area (Å²) in [6.45, 7) is 5.19. The fourth-order valence-corrected chi connectivity index (χ4v) is 2.28. The Morgan fingerprint density at radius 2 is 2.00 bits per heavy atom. The number of hydrogen-bond acceptors (Lipinski definition) is 3. The molecule has 0 aliphatic carbocycles. The van der Waals surface area contributed by atoms with E-state index in [4.69, 9.17) is 4.74 Å². The van der Waals surface area contributed by atoms with Gasteiger partial charge in [-0.15, -0.1) is 0 Å². The van der Waals surface area contributed by atoms with Gasteiger partial charge < -0.3 is 9.64 Å². The van der Waals surface area contributed by atoms with E-state index in [9.17, 15) is 9.59 Å². The lowest BCUT2D eigenvalue weighted by Crippen LogP contribution is -2.37. The third-order valence-corrected chi connectivity index (χ3v) is 3.26. The molecule has 0 N–H and O–H groups in total. The van der Waals surface area contributed by atoms with Gasteiger partial charge in [0.2, 0.25) is 5.91 Å². The van der Waals surface area contributed by atoms with Gasteiger partial charge in [0.25, 0.3) is 0 Å². The number of para-hydroxylation sites is 1. The van der Waals surface area contributed by atoms with Crippen LogP contribution in [0.4, 0.5) is 0 Å². The second-order valence-corrected chi connectivity index (χ2v) is 4.28. The Balaban J connectivity index is 2.34. The quantitative estimate of drug-likeness (QED) is 0.606. The van der Waals surface area contributed by atoms with Crippen LogP contribution in [0.5, 0.6) is 5.75 Å². The maximum absolute atomic E-state index is 12.4. The third-order valence-electron chi connectivity index (χ3n) is 3.26. The summed E-state index contributed by atoms with van der Waals surface area (Å²) in [5, 5.41) is 0. The third kappa shape index (κ3) is 2.23. The second kappa shape index (κ2) is 5.21. The van der Waals surface area contributed by atoms with Crippen molar-refractivity contribution in [3.63, 3.8) is 0 Å². The maximum Gasteiger partial charge on any atom is 0.312 e. The van der Waals surface area contributed by atoms with Crippen LogP contribution in [-0.4, -0.2) is 29.9 Å². The normalized spacial score (nSPS) is 17.9. The first kappa shape index (κ1) is 12.6. The van der Waals surface area contributed by atoms with Crippen LogP contribution in [-0.2, 0) is 9.59 Å². The highest BCUT2D eigenvalue weighted by atomic mass is 16.5. The predicted molar refractivity (Wildman–Crippen MR) is 67.4 cm³/mol. The molecule has 1 atom stereocenters. The van der Waals surface area contributed by atoms with Gasteiger partial charge in [-0.25, -0.2) is 0 Å². The molecule has 0 fully saturated rings. The number of benzene rings is 1. The number of hydrogen-bond donors (Lipinski definition) is 0. The van der Waals surface area contributed by atoms with E-state index in [1.807, 2.05) is 26.0 Å². The Bertz CT molecular complexity index is 466. The Kier molecular flexibility index (Phi) is 3.65. The highest BCUT2D eigenvalue weighted by Crippen LogP contribution is 2.35. The highest BCUT2D eigenvalue weighted by molar-refractivity contribution is 5.91. The van der Waals surface area contributed by atoms with E-state index >= 15 is 0 Å². The molecule has 0 aromatic heterocycles. The van der Waals surface area contributed by atoms with Gasteiger partial charge in [-0.1, -0.05) is 18.2 Å². The van der Waals surface area contributed by atoms with Crippen molar-refractivity contribution in [2.45, 2.75) is 26.2 Å². The fourth-order valence-electron chi connectivity index (χ4n) is 2.28. The van der Waals surface area contributed by atoms with Gasteiger partial charge >= 0.3 is 5.97 Å². The summed E-state index contributed by atoms with van der Waals surface area (Å²) < 4.78 is 5.15. The van der Waals surface area contributed by atoms with Crippen LogP contribution in [0.15, 0.2) is 24.3 Å². The molecule has 18 heavy (non-hydrogen) atoms. The minimum atomic E-state index is -0.401. The van der Waals surface area contributed by atoms with Gasteiger partial charge in [0.15, 0.2) is 0 Å². The Labute approximate surface area is 107 Å². The molecule has 4 heteroatoms. The molecule has 1 heterocycles. The van der Waals surface area contributed by atoms with Gasteiger partial charge in [0.05, 0.1) is 12.3 Å². The average molecular weight is 247 g/mol. The molecule has 0 spiro atoms. The zero-order valence-corrected chi connectivity index (χ0v) is 10.7. The monoisotopic (exact) mass is 247 g/mol. The highest BCUT2D eigenvalue weighted by Gasteiger charge is 2.33. The minimum Gasteiger partial charge on any atom is -0.426 e. The second-order valence-electron chi connectivity index (χ2n) is 4.28. The zero-order chi connectivity index (χ0) is 13.1. The Hall–Kier alpha value is -1.84. The van der Waals surface area contributed by atoms with Crippen molar-refractivity contribution >= 4 is 11.9 Å². The van der Waals surface area contributed by atoms with Crippen LogP contribution in [0, 0.1) is 0 Å². The summed E-state index contributed by atoms with van der Waals surface area (Å²) in [5.74, 6) is -0.218. The minimum absolute atomic E-state index is 0.00380. The molecule has 1 amide bonds. The molecule has 2 rings (SSSR count). The van der Waals surface area contributed by atoms with Gasteiger partial charge in [-0.05, 0) is 19.9 Å². The SMILES string of the molecule is CCN(CC)C(=O)C1CC(=O)Oc2ccccc21. The molecule has 1 aliphatic rings. The van der Waals surface area contributed by atoms with Crippen molar-refractivity contribution in [1.29, 1.82) is 0 Å². The van der Waals surface area contributed by atoms with Gasteiger partial charge in [0, 0.05) is 18.7 Å². The molecule has 1 unspecified atom stereocenters. The lowest BCUT2D eigenvalue weighted by Gasteiger charge is -2.28. The standard InChI is InChI=1S/C14H17NO3/c1-3-15(4-2)14(17)11-9-13(16)18-12-8-6-5-7-10(11)12/h5-8,11H,3-4,9H2,1-2H3. The molecular weight excluding hydrogens is 230 g/mol. The lowest BCUT2D eigenvalue weighted by molar-refractivity contribution is -0.142. The van der Waals surface area contributed by atoms with Crippen molar-refractivity contribution in [2.75, 3.05) is 13.1 Å². The number of esters is 1. The van der Waals surface area contributed by atoms with E-state index in [-0.39, 0.29) is 18.3 Å². The lowest BCUT2D eigenvalue weighted by atomic mass is 9.91. The van der Waals surface area contributed by atoms with Crippen molar-refractivity contribution in [3.05, 3.63) is 29.8 Å². The van der Waals surface area contributed by atoms with Crippen LogP contribution >= 0.6 is 0 Å². The number of fused-ring (bicyclic) bond motifs is 1. The van der Waals surface area contributed by atoms with Crippen LogP contribution in [0.25, 0.3) is 0 Å². The number of amides is 1. The first-order valence-electron chi connectivity index (χ1n) is 6.25. The molecule has 0 bridgehead atoms. The number of ether oxygens (including phenoxy) is 1. The van der Waals surface area contributed by atoms with Crippen molar-refractivity contribution in [1.82, 2.24) is 4.90 Å². The summed E-state index contributed by atoms with van der Waals surface area (Å²) in [4.78, 5) is 25.7. The number of rotatable bonds is 3. The summed E-state index contributed by atoms with van der Waals surface area (Å²) in [7, 11) is 0. The van der Waals surface area contributed by atoms with Crippen LogP contribution < -0.4 is 4.74 Å². The summed E-state index contributed by atoms with van der Waals surface area (Å²) in [6, 6.07) is 7.25. The molecule has 1 aromatic rings. The fraction of sp³-hybridized carbons (Fsp3) is 0.429. The summed E-state index contributed by atoms with van der Waals surface area (Å²) in [6.07, 6.45) is 0.131. The largest absolute Gasteiger partial charge is 0.426 e. The Morgan fingerprint density at radius 1 is 1.33 bits per heavy atom. The summed E-state index contributed by atoms with van der Waals surface area (Å²) in [5.41, 5.74) is 0.814. The van der Waals surface area contributed by atoms with Crippen molar-refractivity contribution in [2.24, 2.45) is 0 Å². The Morgan fingerprint density at radius 3 is 2.67 bits per heavy atom. The molecule has 0 saturated heterocycles. The van der Waals surface area contributed by atoms with Crippen LogP contribution in [0.1, 0.15) is 31.7 Å². The predicted octanol–water partition coefficient (Wildman–Crippen LogP) is 1.95. The molecule has 1 aliphatic heterocycles. The van der Waals surface area contributed by atoms with Gasteiger partial charge in [-0.3, -0.25) is 9.59 Å². The molecular formula is C14H17NO3. The van der Waals surface area contributed by atoms with Crippen LogP contribution in [0.3, 0.4) is 0 Å². The van der Waals surface area contributed by atoms with Crippen molar-refractivity contribution < 1.29 is 14.3 Å². The first-order valence-corrected chi connectivity index (χ1v) is 6.25. The topological polar surface area (TPSA) is 46.6 Å².